The molecule has 7 heteroatoms. The third-order valence-electron chi connectivity index (χ3n) is 2.61. The van der Waals surface area contributed by atoms with E-state index in [1.165, 1.54) is 12.1 Å². The first-order valence-electron chi connectivity index (χ1n) is 5.78. The number of hydrogen-bond acceptors (Lipinski definition) is 4. The Balaban J connectivity index is 2.67. The summed E-state index contributed by atoms with van der Waals surface area (Å²) in [5.41, 5.74) is 2.32. The van der Waals surface area contributed by atoms with Crippen molar-refractivity contribution < 1.29 is 18.3 Å². The van der Waals surface area contributed by atoms with E-state index in [9.17, 15) is 8.78 Å². The molecule has 0 aromatic heterocycles. The van der Waals surface area contributed by atoms with Gasteiger partial charge in [-0.3, -0.25) is 11.3 Å². The summed E-state index contributed by atoms with van der Waals surface area (Å²) in [6.45, 7) is 1.22. The number of methoxy groups -OCH3 is 1. The van der Waals surface area contributed by atoms with Crippen LogP contribution in [0.25, 0.3) is 0 Å². The van der Waals surface area contributed by atoms with Crippen LogP contribution >= 0.6 is 15.9 Å². The van der Waals surface area contributed by atoms with Crippen molar-refractivity contribution in [1.29, 1.82) is 0 Å². The lowest BCUT2D eigenvalue weighted by molar-refractivity contribution is 0.0654. The van der Waals surface area contributed by atoms with Crippen LogP contribution in [0.1, 0.15) is 18.0 Å². The van der Waals surface area contributed by atoms with Crippen LogP contribution < -0.4 is 11.3 Å². The van der Waals surface area contributed by atoms with E-state index in [1.807, 2.05) is 0 Å². The maximum absolute atomic E-state index is 13.9. The molecule has 0 aliphatic carbocycles. The Bertz CT molecular complexity index is 408. The molecular weight excluding hydrogens is 322 g/mol. The summed E-state index contributed by atoms with van der Waals surface area (Å²) in [6, 6.07) is 1.86. The Labute approximate surface area is 119 Å². The van der Waals surface area contributed by atoms with E-state index < -0.39 is 17.7 Å². The number of nitrogens with two attached hydrogens (primary N) is 1. The maximum Gasteiger partial charge on any atom is 0.145 e. The molecule has 108 valence electrons. The van der Waals surface area contributed by atoms with Crippen molar-refractivity contribution >= 4 is 15.9 Å². The summed E-state index contributed by atoms with van der Waals surface area (Å²) in [4.78, 5) is 0. The molecule has 0 heterocycles. The molecule has 1 aromatic carbocycles. The molecule has 0 aliphatic rings. The molecule has 0 saturated heterocycles. The summed E-state index contributed by atoms with van der Waals surface area (Å²) in [6.07, 6.45) is 0.352. The summed E-state index contributed by atoms with van der Waals surface area (Å²) < 4.78 is 37.8. The summed E-state index contributed by atoms with van der Waals surface area (Å²) in [5.74, 6) is 4.06. The molecule has 0 aliphatic heterocycles. The van der Waals surface area contributed by atoms with Crippen LogP contribution in [-0.2, 0) is 9.47 Å². The quantitative estimate of drug-likeness (QED) is 0.330. The minimum Gasteiger partial charge on any atom is -0.382 e. The van der Waals surface area contributed by atoms with Crippen molar-refractivity contribution in [3.8, 4) is 0 Å². The van der Waals surface area contributed by atoms with Crippen molar-refractivity contribution in [3.63, 3.8) is 0 Å². The fourth-order valence-electron chi connectivity index (χ4n) is 1.62. The number of ether oxygens (including phenoxy) is 2. The Morgan fingerprint density at radius 2 is 2.05 bits per heavy atom. The highest BCUT2D eigenvalue weighted by Crippen LogP contribution is 2.28. The fraction of sp³-hybridized carbons (Fsp3) is 0.500. The first kappa shape index (κ1) is 16.5. The normalized spacial score (nSPS) is 12.7. The number of hydrazine groups is 1. The first-order chi connectivity index (χ1) is 9.11. The number of halogens is 3. The molecular formula is C12H17BrF2N2O2. The average molecular weight is 339 g/mol. The van der Waals surface area contributed by atoms with Gasteiger partial charge in [0, 0.05) is 19.3 Å². The van der Waals surface area contributed by atoms with E-state index in [-0.39, 0.29) is 10.0 Å². The molecule has 0 saturated carbocycles. The second-order valence-electron chi connectivity index (χ2n) is 3.87. The molecule has 19 heavy (non-hydrogen) atoms. The minimum absolute atomic E-state index is 0.0905. The highest BCUT2D eigenvalue weighted by Gasteiger charge is 2.20. The predicted octanol–water partition coefficient (Wildman–Crippen LogP) is 2.28. The Morgan fingerprint density at radius 1 is 1.32 bits per heavy atom. The van der Waals surface area contributed by atoms with E-state index in [4.69, 9.17) is 15.3 Å². The second kappa shape index (κ2) is 8.55. The van der Waals surface area contributed by atoms with E-state index in [0.717, 1.165) is 0 Å². The average Bonchev–Trinajstić information content (AvgIpc) is 2.41. The predicted molar refractivity (Wildman–Crippen MR) is 71.4 cm³/mol. The summed E-state index contributed by atoms with van der Waals surface area (Å²) >= 11 is 3.02. The lowest BCUT2D eigenvalue weighted by Gasteiger charge is -2.18. The van der Waals surface area contributed by atoms with Gasteiger partial charge in [-0.15, -0.1) is 0 Å². The van der Waals surface area contributed by atoms with Crippen LogP contribution in [0.5, 0.6) is 0 Å². The van der Waals surface area contributed by atoms with Crippen molar-refractivity contribution in [2.45, 2.75) is 12.5 Å². The van der Waals surface area contributed by atoms with Gasteiger partial charge < -0.3 is 9.47 Å². The van der Waals surface area contributed by atoms with Crippen LogP contribution in [0.2, 0.25) is 0 Å². The van der Waals surface area contributed by atoms with Crippen LogP contribution in [0, 0.1) is 11.6 Å². The smallest absolute Gasteiger partial charge is 0.145 e. The standard InChI is InChI=1S/C12H17BrF2N2O2/c1-18-6-7-19-5-4-10(17-16)11-9(14)3-2-8(13)12(11)15/h2-3,10,17H,4-7,16H2,1H3. The van der Waals surface area contributed by atoms with Gasteiger partial charge in [0.2, 0.25) is 0 Å². The van der Waals surface area contributed by atoms with Gasteiger partial charge in [0.15, 0.2) is 0 Å². The Kier molecular flexibility index (Phi) is 7.40. The van der Waals surface area contributed by atoms with Crippen molar-refractivity contribution in [2.24, 2.45) is 5.84 Å². The molecule has 0 spiro atoms. The fourth-order valence-corrected chi connectivity index (χ4v) is 1.96. The zero-order chi connectivity index (χ0) is 14.3. The monoisotopic (exact) mass is 338 g/mol. The molecule has 1 aromatic rings. The third kappa shape index (κ3) is 4.77. The van der Waals surface area contributed by atoms with Gasteiger partial charge in [-0.05, 0) is 34.5 Å². The molecule has 3 N–H and O–H groups in total. The molecule has 0 fully saturated rings. The lowest BCUT2D eigenvalue weighted by Crippen LogP contribution is -2.30. The van der Waals surface area contributed by atoms with Gasteiger partial charge >= 0.3 is 0 Å². The van der Waals surface area contributed by atoms with Gasteiger partial charge in [-0.2, -0.15) is 0 Å². The van der Waals surface area contributed by atoms with Crippen LogP contribution in [-0.4, -0.2) is 26.9 Å². The first-order valence-corrected chi connectivity index (χ1v) is 6.57. The molecule has 4 nitrogen and oxygen atoms in total. The van der Waals surface area contributed by atoms with E-state index in [2.05, 4.69) is 21.4 Å². The molecule has 1 atom stereocenters. The second-order valence-corrected chi connectivity index (χ2v) is 4.72. The lowest BCUT2D eigenvalue weighted by atomic mass is 10.0. The molecule has 0 radical (unpaired) electrons. The number of rotatable bonds is 8. The largest absolute Gasteiger partial charge is 0.382 e. The van der Waals surface area contributed by atoms with E-state index in [1.54, 1.807) is 7.11 Å². The van der Waals surface area contributed by atoms with E-state index in [0.29, 0.717) is 26.2 Å². The highest BCUT2D eigenvalue weighted by molar-refractivity contribution is 9.10. The van der Waals surface area contributed by atoms with Gasteiger partial charge in [-0.25, -0.2) is 8.78 Å². The number of hydrogen-bond donors (Lipinski definition) is 2. The van der Waals surface area contributed by atoms with E-state index >= 15 is 0 Å². The van der Waals surface area contributed by atoms with Crippen LogP contribution in [0.4, 0.5) is 8.78 Å². The zero-order valence-electron chi connectivity index (χ0n) is 10.6. The molecule has 1 unspecified atom stereocenters. The molecule has 1 rings (SSSR count). The Hall–Kier alpha value is -0.600. The summed E-state index contributed by atoms with van der Waals surface area (Å²) in [7, 11) is 1.57. The van der Waals surface area contributed by atoms with Gasteiger partial charge in [0.25, 0.3) is 0 Å². The van der Waals surface area contributed by atoms with Crippen LogP contribution in [0.15, 0.2) is 16.6 Å². The third-order valence-corrected chi connectivity index (χ3v) is 3.22. The highest BCUT2D eigenvalue weighted by atomic mass is 79.9. The SMILES string of the molecule is COCCOCCC(NN)c1c(F)ccc(Br)c1F. The van der Waals surface area contributed by atoms with Crippen LogP contribution in [0.3, 0.4) is 0 Å². The topological polar surface area (TPSA) is 56.5 Å². The minimum atomic E-state index is -0.653. The van der Waals surface area contributed by atoms with Gasteiger partial charge in [-0.1, -0.05) is 0 Å². The summed E-state index contributed by atoms with van der Waals surface area (Å²) in [5, 5.41) is 0. The van der Waals surface area contributed by atoms with Gasteiger partial charge in [0.1, 0.15) is 11.6 Å². The molecule has 0 amide bonds. The van der Waals surface area contributed by atoms with Gasteiger partial charge in [0.05, 0.1) is 23.7 Å². The van der Waals surface area contributed by atoms with Crippen molar-refractivity contribution in [2.75, 3.05) is 26.9 Å². The number of benzene rings is 1. The number of nitrogens with one attached hydrogen (secondary N) is 1. The zero-order valence-corrected chi connectivity index (χ0v) is 12.2. The molecule has 0 bridgehead atoms. The Morgan fingerprint density at radius 3 is 2.68 bits per heavy atom. The van der Waals surface area contributed by atoms with Crippen molar-refractivity contribution in [1.82, 2.24) is 5.43 Å². The van der Waals surface area contributed by atoms with Crippen molar-refractivity contribution in [3.05, 3.63) is 33.8 Å². The maximum atomic E-state index is 13.9.